The van der Waals surface area contributed by atoms with E-state index < -0.39 is 0 Å². The van der Waals surface area contributed by atoms with Crippen molar-refractivity contribution in [2.75, 3.05) is 0 Å². The second-order valence-electron chi connectivity index (χ2n) is 4.74. The number of carbonyl (C=O) groups is 1. The Balaban J connectivity index is 2.33. The van der Waals surface area contributed by atoms with E-state index in [1.54, 1.807) is 12.1 Å². The molecule has 0 radical (unpaired) electrons. The molecule has 1 amide bonds. The molecule has 1 atom stereocenters. The van der Waals surface area contributed by atoms with Crippen molar-refractivity contribution in [1.29, 1.82) is 0 Å². The van der Waals surface area contributed by atoms with Crippen LogP contribution in [0.15, 0.2) is 35.3 Å². The smallest absolute Gasteiger partial charge is 0.256 e. The number of para-hydroxylation sites is 1. The van der Waals surface area contributed by atoms with Crippen LogP contribution in [-0.4, -0.2) is 16.9 Å². The van der Waals surface area contributed by atoms with Crippen LogP contribution in [0.25, 0.3) is 10.9 Å². The first-order valence-corrected chi connectivity index (χ1v) is 6.54. The largest absolute Gasteiger partial charge is 0.360 e. The van der Waals surface area contributed by atoms with Gasteiger partial charge in [0, 0.05) is 23.1 Å². The summed E-state index contributed by atoms with van der Waals surface area (Å²) >= 11 is 0. The van der Waals surface area contributed by atoms with Gasteiger partial charge in [0.2, 0.25) is 5.43 Å². The summed E-state index contributed by atoms with van der Waals surface area (Å²) in [6, 6.07) is 7.25. The molecule has 0 saturated heterocycles. The predicted octanol–water partition coefficient (Wildman–Crippen LogP) is 2.45. The summed E-state index contributed by atoms with van der Waals surface area (Å²) in [5.74, 6) is -0.312. The third kappa shape index (κ3) is 2.84. The van der Waals surface area contributed by atoms with Gasteiger partial charge in [-0.05, 0) is 25.5 Å². The van der Waals surface area contributed by atoms with Gasteiger partial charge < -0.3 is 10.3 Å². The average molecular weight is 258 g/mol. The number of rotatable bonds is 4. The molecule has 100 valence electrons. The molecule has 4 heteroatoms. The summed E-state index contributed by atoms with van der Waals surface area (Å²) in [7, 11) is 0. The number of carbonyl (C=O) groups excluding carboxylic acids is 1. The Morgan fingerprint density at radius 3 is 2.84 bits per heavy atom. The molecule has 0 unspecified atom stereocenters. The van der Waals surface area contributed by atoms with Gasteiger partial charge in [-0.3, -0.25) is 9.59 Å². The predicted molar refractivity (Wildman–Crippen MR) is 76.4 cm³/mol. The zero-order chi connectivity index (χ0) is 13.8. The minimum Gasteiger partial charge on any atom is -0.360 e. The summed E-state index contributed by atoms with van der Waals surface area (Å²) in [4.78, 5) is 27.3. The SMILES string of the molecule is CCC[C@@H](C)NC(=O)c1c[nH]c2ccccc2c1=O. The lowest BCUT2D eigenvalue weighted by atomic mass is 10.1. The van der Waals surface area contributed by atoms with Gasteiger partial charge in [-0.25, -0.2) is 0 Å². The van der Waals surface area contributed by atoms with Crippen molar-refractivity contribution in [2.45, 2.75) is 32.7 Å². The first-order valence-electron chi connectivity index (χ1n) is 6.54. The zero-order valence-corrected chi connectivity index (χ0v) is 11.2. The maximum atomic E-state index is 12.2. The highest BCUT2D eigenvalue weighted by atomic mass is 16.2. The Kier molecular flexibility index (Phi) is 4.00. The standard InChI is InChI=1S/C15H18N2O2/c1-3-6-10(2)17-15(19)12-9-16-13-8-5-4-7-11(13)14(12)18/h4-5,7-10H,3,6H2,1-2H3,(H,16,18)(H,17,19)/t10-/m1/s1. The number of aromatic amines is 1. The molecule has 0 fully saturated rings. The molecule has 0 aliphatic heterocycles. The van der Waals surface area contributed by atoms with Gasteiger partial charge in [-0.1, -0.05) is 25.5 Å². The van der Waals surface area contributed by atoms with E-state index in [0.717, 1.165) is 18.4 Å². The summed E-state index contributed by atoms with van der Waals surface area (Å²) in [6.45, 7) is 4.00. The second kappa shape index (κ2) is 5.69. The van der Waals surface area contributed by atoms with Gasteiger partial charge in [0.25, 0.3) is 5.91 Å². The van der Waals surface area contributed by atoms with Gasteiger partial charge in [0.15, 0.2) is 0 Å². The molecule has 0 spiro atoms. The van der Waals surface area contributed by atoms with Crippen molar-refractivity contribution in [3.05, 3.63) is 46.2 Å². The van der Waals surface area contributed by atoms with E-state index in [9.17, 15) is 9.59 Å². The number of hydrogen-bond donors (Lipinski definition) is 2. The first kappa shape index (κ1) is 13.3. The normalized spacial score (nSPS) is 12.3. The number of benzene rings is 1. The molecule has 1 aromatic carbocycles. The van der Waals surface area contributed by atoms with Gasteiger partial charge in [0.1, 0.15) is 5.56 Å². The number of H-pyrrole nitrogens is 1. The van der Waals surface area contributed by atoms with E-state index in [2.05, 4.69) is 17.2 Å². The van der Waals surface area contributed by atoms with Gasteiger partial charge in [-0.2, -0.15) is 0 Å². The fourth-order valence-corrected chi connectivity index (χ4v) is 2.14. The van der Waals surface area contributed by atoms with Crippen LogP contribution in [0, 0.1) is 0 Å². The summed E-state index contributed by atoms with van der Waals surface area (Å²) in [5.41, 5.74) is 0.683. The molecular weight excluding hydrogens is 240 g/mol. The third-order valence-corrected chi connectivity index (χ3v) is 3.13. The van der Waals surface area contributed by atoms with Crippen LogP contribution in [0.2, 0.25) is 0 Å². The van der Waals surface area contributed by atoms with E-state index in [-0.39, 0.29) is 22.9 Å². The van der Waals surface area contributed by atoms with Crippen LogP contribution in [-0.2, 0) is 0 Å². The number of fused-ring (bicyclic) bond motifs is 1. The van der Waals surface area contributed by atoms with Crippen molar-refractivity contribution < 1.29 is 4.79 Å². The molecule has 0 aliphatic rings. The highest BCUT2D eigenvalue weighted by Gasteiger charge is 2.14. The Morgan fingerprint density at radius 2 is 2.11 bits per heavy atom. The maximum absolute atomic E-state index is 12.2. The number of hydrogen-bond acceptors (Lipinski definition) is 2. The molecule has 0 aliphatic carbocycles. The summed E-state index contributed by atoms with van der Waals surface area (Å²) < 4.78 is 0. The second-order valence-corrected chi connectivity index (χ2v) is 4.74. The Hall–Kier alpha value is -2.10. The number of aromatic nitrogens is 1. The first-order chi connectivity index (χ1) is 9.13. The molecule has 2 N–H and O–H groups in total. The Labute approximate surface area is 111 Å². The van der Waals surface area contributed by atoms with E-state index in [0.29, 0.717) is 5.39 Å². The number of amides is 1. The topological polar surface area (TPSA) is 62.0 Å². The zero-order valence-electron chi connectivity index (χ0n) is 11.2. The van der Waals surface area contributed by atoms with Crippen molar-refractivity contribution in [3.8, 4) is 0 Å². The van der Waals surface area contributed by atoms with Gasteiger partial charge in [-0.15, -0.1) is 0 Å². The van der Waals surface area contributed by atoms with Crippen LogP contribution in [0.5, 0.6) is 0 Å². The molecule has 1 heterocycles. The monoisotopic (exact) mass is 258 g/mol. The number of pyridine rings is 1. The van der Waals surface area contributed by atoms with E-state index in [1.807, 2.05) is 19.1 Å². The van der Waals surface area contributed by atoms with Crippen LogP contribution < -0.4 is 10.7 Å². The average Bonchev–Trinajstić information content (AvgIpc) is 2.39. The van der Waals surface area contributed by atoms with Gasteiger partial charge in [0.05, 0.1) is 0 Å². The lowest BCUT2D eigenvalue weighted by molar-refractivity contribution is 0.0937. The number of nitrogens with one attached hydrogen (secondary N) is 2. The molecule has 0 saturated carbocycles. The van der Waals surface area contributed by atoms with E-state index in [4.69, 9.17) is 0 Å². The molecular formula is C15H18N2O2. The fraction of sp³-hybridized carbons (Fsp3) is 0.333. The van der Waals surface area contributed by atoms with Crippen LogP contribution in [0.4, 0.5) is 0 Å². The summed E-state index contributed by atoms with van der Waals surface area (Å²) in [5, 5.41) is 3.38. The van der Waals surface area contributed by atoms with E-state index in [1.165, 1.54) is 6.20 Å². The molecule has 2 aromatic rings. The van der Waals surface area contributed by atoms with E-state index >= 15 is 0 Å². The molecule has 1 aromatic heterocycles. The highest BCUT2D eigenvalue weighted by Crippen LogP contribution is 2.07. The van der Waals surface area contributed by atoms with Crippen molar-refractivity contribution in [2.24, 2.45) is 0 Å². The van der Waals surface area contributed by atoms with Crippen LogP contribution in [0.3, 0.4) is 0 Å². The van der Waals surface area contributed by atoms with Gasteiger partial charge >= 0.3 is 0 Å². The maximum Gasteiger partial charge on any atom is 0.256 e. The third-order valence-electron chi connectivity index (χ3n) is 3.13. The van der Waals surface area contributed by atoms with Crippen molar-refractivity contribution >= 4 is 16.8 Å². The molecule has 0 bridgehead atoms. The van der Waals surface area contributed by atoms with Crippen LogP contribution in [0.1, 0.15) is 37.0 Å². The molecule has 19 heavy (non-hydrogen) atoms. The summed E-state index contributed by atoms with van der Waals surface area (Å²) in [6.07, 6.45) is 3.38. The molecule has 2 rings (SSSR count). The van der Waals surface area contributed by atoms with Crippen LogP contribution >= 0.6 is 0 Å². The Morgan fingerprint density at radius 1 is 1.37 bits per heavy atom. The van der Waals surface area contributed by atoms with Crippen molar-refractivity contribution in [1.82, 2.24) is 10.3 Å². The minimum absolute atomic E-state index is 0.0726. The lowest BCUT2D eigenvalue weighted by Gasteiger charge is -2.12. The Bertz CT molecular complexity index is 646. The fourth-order valence-electron chi connectivity index (χ4n) is 2.14. The highest BCUT2D eigenvalue weighted by molar-refractivity contribution is 5.97. The molecule has 4 nitrogen and oxygen atoms in total. The van der Waals surface area contributed by atoms with Crippen molar-refractivity contribution in [3.63, 3.8) is 0 Å². The quantitative estimate of drug-likeness (QED) is 0.884. The minimum atomic E-state index is -0.312. The lowest BCUT2D eigenvalue weighted by Crippen LogP contribution is -2.35.